The van der Waals surface area contributed by atoms with E-state index in [1.165, 1.54) is 7.11 Å². The molecule has 0 aliphatic carbocycles. The zero-order chi connectivity index (χ0) is 19.6. The Morgan fingerprint density at radius 1 is 1.26 bits per heavy atom. The second kappa shape index (κ2) is 8.17. The van der Waals surface area contributed by atoms with Crippen LogP contribution in [0, 0.1) is 6.92 Å². The van der Waals surface area contributed by atoms with Crippen LogP contribution >= 0.6 is 27.5 Å². The Bertz CT molecular complexity index is 1000. The standard InChI is InChI=1S/C20H17BrClNO4/c1-11-7-13(21)9-15(19(11)26-2)20(25)23-17-8-12(3-5-16(17)22)18-6-4-14(10-24)27-18/h3-9,24H,10H2,1-2H3,(H,23,25). The highest BCUT2D eigenvalue weighted by Gasteiger charge is 2.17. The van der Waals surface area contributed by atoms with E-state index in [1.807, 2.05) is 13.0 Å². The summed E-state index contributed by atoms with van der Waals surface area (Å²) in [5, 5.41) is 12.4. The van der Waals surface area contributed by atoms with Gasteiger partial charge in [-0.2, -0.15) is 0 Å². The van der Waals surface area contributed by atoms with E-state index in [2.05, 4.69) is 21.2 Å². The number of methoxy groups -OCH3 is 1. The van der Waals surface area contributed by atoms with Gasteiger partial charge >= 0.3 is 0 Å². The van der Waals surface area contributed by atoms with Gasteiger partial charge in [0.1, 0.15) is 23.9 Å². The number of halogens is 2. The normalized spacial score (nSPS) is 10.7. The van der Waals surface area contributed by atoms with Crippen molar-refractivity contribution in [3.05, 3.63) is 68.8 Å². The number of carbonyl (C=O) groups is 1. The molecule has 0 saturated carbocycles. The fourth-order valence-electron chi connectivity index (χ4n) is 2.75. The van der Waals surface area contributed by atoms with Gasteiger partial charge in [0, 0.05) is 10.0 Å². The molecule has 5 nitrogen and oxygen atoms in total. The van der Waals surface area contributed by atoms with E-state index in [9.17, 15) is 4.79 Å². The number of rotatable bonds is 5. The van der Waals surface area contributed by atoms with E-state index in [1.54, 1.807) is 36.4 Å². The second-order valence-electron chi connectivity index (χ2n) is 5.88. The largest absolute Gasteiger partial charge is 0.496 e. The average Bonchev–Trinajstić information content (AvgIpc) is 3.12. The van der Waals surface area contributed by atoms with Crippen LogP contribution in [-0.2, 0) is 6.61 Å². The predicted molar refractivity (Wildman–Crippen MR) is 108 cm³/mol. The lowest BCUT2D eigenvalue weighted by molar-refractivity contribution is 0.102. The Kier molecular flexibility index (Phi) is 5.89. The summed E-state index contributed by atoms with van der Waals surface area (Å²) in [6.45, 7) is 1.68. The smallest absolute Gasteiger partial charge is 0.259 e. The molecule has 0 aliphatic rings. The van der Waals surface area contributed by atoms with Crippen LogP contribution in [0.25, 0.3) is 11.3 Å². The molecule has 0 saturated heterocycles. The third-order valence-electron chi connectivity index (χ3n) is 4.00. The zero-order valence-corrected chi connectivity index (χ0v) is 17.0. The maximum atomic E-state index is 12.8. The molecule has 0 unspecified atom stereocenters. The molecule has 0 bridgehead atoms. The van der Waals surface area contributed by atoms with Gasteiger partial charge in [0.05, 0.1) is 23.4 Å². The van der Waals surface area contributed by atoms with Gasteiger partial charge in [0.25, 0.3) is 5.91 Å². The highest BCUT2D eigenvalue weighted by Crippen LogP contribution is 2.32. The van der Waals surface area contributed by atoms with Crippen LogP contribution < -0.4 is 10.1 Å². The summed E-state index contributed by atoms with van der Waals surface area (Å²) in [7, 11) is 1.52. The number of carbonyl (C=O) groups excluding carboxylic acids is 1. The van der Waals surface area contributed by atoms with Gasteiger partial charge in [0.2, 0.25) is 0 Å². The number of hydrogen-bond donors (Lipinski definition) is 2. The lowest BCUT2D eigenvalue weighted by Crippen LogP contribution is -2.14. The summed E-state index contributed by atoms with van der Waals surface area (Å²) in [5.74, 6) is 1.19. The Hall–Kier alpha value is -2.28. The van der Waals surface area contributed by atoms with Crippen molar-refractivity contribution < 1.29 is 19.1 Å². The minimum absolute atomic E-state index is 0.181. The van der Waals surface area contributed by atoms with Gasteiger partial charge in [-0.25, -0.2) is 0 Å². The fourth-order valence-corrected chi connectivity index (χ4v) is 3.49. The number of amides is 1. The molecule has 0 spiro atoms. The number of nitrogens with one attached hydrogen (secondary N) is 1. The number of aryl methyl sites for hydroxylation is 1. The third-order valence-corrected chi connectivity index (χ3v) is 4.79. The van der Waals surface area contributed by atoms with E-state index >= 15 is 0 Å². The summed E-state index contributed by atoms with van der Waals surface area (Å²) in [6.07, 6.45) is 0. The Morgan fingerprint density at radius 2 is 2.04 bits per heavy atom. The molecule has 2 aromatic carbocycles. The molecule has 1 amide bonds. The van der Waals surface area contributed by atoms with E-state index < -0.39 is 0 Å². The van der Waals surface area contributed by atoms with E-state index in [0.29, 0.717) is 33.5 Å². The second-order valence-corrected chi connectivity index (χ2v) is 7.20. The molecule has 3 rings (SSSR count). The first-order valence-electron chi connectivity index (χ1n) is 8.08. The maximum Gasteiger partial charge on any atom is 0.259 e. The van der Waals surface area contributed by atoms with Crippen molar-refractivity contribution in [3.8, 4) is 17.1 Å². The van der Waals surface area contributed by atoms with Gasteiger partial charge < -0.3 is 19.6 Å². The van der Waals surface area contributed by atoms with Gasteiger partial charge in [-0.15, -0.1) is 0 Å². The van der Waals surface area contributed by atoms with Crippen molar-refractivity contribution in [2.75, 3.05) is 12.4 Å². The van der Waals surface area contributed by atoms with Crippen LogP contribution in [0.4, 0.5) is 5.69 Å². The molecule has 1 aromatic heterocycles. The molecule has 140 valence electrons. The summed E-state index contributed by atoms with van der Waals surface area (Å²) in [5.41, 5.74) is 2.41. The minimum Gasteiger partial charge on any atom is -0.496 e. The number of hydrogen-bond acceptors (Lipinski definition) is 4. The topological polar surface area (TPSA) is 71.7 Å². The van der Waals surface area contributed by atoms with Gasteiger partial charge in [-0.1, -0.05) is 27.5 Å². The lowest BCUT2D eigenvalue weighted by Gasteiger charge is -2.13. The number of benzene rings is 2. The molecule has 0 fully saturated rings. The Labute approximate surface area is 170 Å². The van der Waals surface area contributed by atoms with Crippen molar-refractivity contribution in [1.29, 1.82) is 0 Å². The monoisotopic (exact) mass is 449 g/mol. The Morgan fingerprint density at radius 3 is 2.70 bits per heavy atom. The Balaban J connectivity index is 1.94. The SMILES string of the molecule is COc1c(C)cc(Br)cc1C(=O)Nc1cc(-c2ccc(CO)o2)ccc1Cl. The van der Waals surface area contributed by atoms with Gasteiger partial charge in [0.15, 0.2) is 0 Å². The van der Waals surface area contributed by atoms with Gasteiger partial charge in [-0.3, -0.25) is 4.79 Å². The molecular formula is C20H17BrClNO4. The summed E-state index contributed by atoms with van der Waals surface area (Å²) in [6, 6.07) is 12.2. The number of ether oxygens (including phenoxy) is 1. The average molecular weight is 451 g/mol. The number of furan rings is 1. The van der Waals surface area contributed by atoms with Crippen LogP contribution in [0.2, 0.25) is 5.02 Å². The molecule has 3 aromatic rings. The molecule has 0 radical (unpaired) electrons. The van der Waals surface area contributed by atoms with Crippen LogP contribution in [0.15, 0.2) is 51.4 Å². The molecule has 0 atom stereocenters. The van der Waals surface area contributed by atoms with Crippen molar-refractivity contribution in [3.63, 3.8) is 0 Å². The summed E-state index contributed by atoms with van der Waals surface area (Å²) in [4.78, 5) is 12.8. The van der Waals surface area contributed by atoms with E-state index in [0.717, 1.165) is 15.6 Å². The molecule has 7 heteroatoms. The van der Waals surface area contributed by atoms with Crippen molar-refractivity contribution in [1.82, 2.24) is 0 Å². The van der Waals surface area contributed by atoms with Crippen LogP contribution in [0.5, 0.6) is 5.75 Å². The quantitative estimate of drug-likeness (QED) is 0.544. The summed E-state index contributed by atoms with van der Waals surface area (Å²) >= 11 is 9.66. The molecule has 2 N–H and O–H groups in total. The summed E-state index contributed by atoms with van der Waals surface area (Å²) < 4.78 is 11.7. The molecule has 27 heavy (non-hydrogen) atoms. The van der Waals surface area contributed by atoms with Crippen LogP contribution in [0.1, 0.15) is 21.7 Å². The zero-order valence-electron chi connectivity index (χ0n) is 14.7. The maximum absolute atomic E-state index is 12.8. The van der Waals surface area contributed by atoms with Gasteiger partial charge in [-0.05, 0) is 55.0 Å². The van der Waals surface area contributed by atoms with Crippen molar-refractivity contribution >= 4 is 39.1 Å². The lowest BCUT2D eigenvalue weighted by atomic mass is 10.1. The predicted octanol–water partition coefficient (Wildman–Crippen LogP) is 5.42. The highest BCUT2D eigenvalue weighted by molar-refractivity contribution is 9.10. The number of aliphatic hydroxyl groups is 1. The van der Waals surface area contributed by atoms with Crippen molar-refractivity contribution in [2.45, 2.75) is 13.5 Å². The van der Waals surface area contributed by atoms with Crippen molar-refractivity contribution in [2.24, 2.45) is 0 Å². The first kappa shape index (κ1) is 19.5. The first-order valence-corrected chi connectivity index (χ1v) is 9.25. The minimum atomic E-state index is -0.342. The number of aliphatic hydroxyl groups excluding tert-OH is 1. The molecule has 1 heterocycles. The third kappa shape index (κ3) is 4.18. The van der Waals surface area contributed by atoms with Crippen LogP contribution in [0.3, 0.4) is 0 Å². The van der Waals surface area contributed by atoms with E-state index in [4.69, 9.17) is 25.9 Å². The van der Waals surface area contributed by atoms with Crippen LogP contribution in [-0.4, -0.2) is 18.1 Å². The number of anilines is 1. The first-order chi connectivity index (χ1) is 12.9. The molecular weight excluding hydrogens is 434 g/mol. The van der Waals surface area contributed by atoms with E-state index in [-0.39, 0.29) is 12.5 Å². The highest BCUT2D eigenvalue weighted by atomic mass is 79.9. The molecule has 0 aliphatic heterocycles. The fraction of sp³-hybridized carbons (Fsp3) is 0.150.